The SMILES string of the molecule is CC[C@@H](CO)NCc1cccn1C. The number of rotatable bonds is 5. The summed E-state index contributed by atoms with van der Waals surface area (Å²) in [6.45, 7) is 3.10. The van der Waals surface area contributed by atoms with Crippen LogP contribution in [0, 0.1) is 0 Å². The molecule has 0 aromatic carbocycles. The van der Waals surface area contributed by atoms with E-state index in [1.165, 1.54) is 5.69 Å². The Balaban J connectivity index is 2.38. The summed E-state index contributed by atoms with van der Waals surface area (Å²) < 4.78 is 2.08. The number of hydrogen-bond donors (Lipinski definition) is 2. The fourth-order valence-corrected chi connectivity index (χ4v) is 1.27. The van der Waals surface area contributed by atoms with Gasteiger partial charge in [0.2, 0.25) is 0 Å². The van der Waals surface area contributed by atoms with Gasteiger partial charge in [-0.1, -0.05) is 6.92 Å². The van der Waals surface area contributed by atoms with Gasteiger partial charge in [0, 0.05) is 31.5 Å². The first-order chi connectivity index (χ1) is 6.27. The monoisotopic (exact) mass is 182 g/mol. The van der Waals surface area contributed by atoms with Crippen LogP contribution in [0.5, 0.6) is 0 Å². The number of aryl methyl sites for hydroxylation is 1. The molecule has 1 atom stereocenters. The zero-order chi connectivity index (χ0) is 9.68. The van der Waals surface area contributed by atoms with Crippen LogP contribution in [0.25, 0.3) is 0 Å². The number of hydrogen-bond acceptors (Lipinski definition) is 2. The lowest BCUT2D eigenvalue weighted by molar-refractivity contribution is 0.237. The molecule has 0 aliphatic rings. The average Bonchev–Trinajstić information content (AvgIpc) is 2.54. The minimum absolute atomic E-state index is 0.209. The maximum absolute atomic E-state index is 8.95. The quantitative estimate of drug-likeness (QED) is 0.709. The average molecular weight is 182 g/mol. The van der Waals surface area contributed by atoms with E-state index in [0.717, 1.165) is 13.0 Å². The van der Waals surface area contributed by atoms with Gasteiger partial charge >= 0.3 is 0 Å². The van der Waals surface area contributed by atoms with Crippen molar-refractivity contribution in [3.8, 4) is 0 Å². The van der Waals surface area contributed by atoms with Crippen molar-refractivity contribution in [2.45, 2.75) is 25.9 Å². The van der Waals surface area contributed by atoms with E-state index >= 15 is 0 Å². The summed E-state index contributed by atoms with van der Waals surface area (Å²) in [5.41, 5.74) is 1.24. The Bertz CT molecular complexity index is 241. The summed E-state index contributed by atoms with van der Waals surface area (Å²) in [5.74, 6) is 0. The van der Waals surface area contributed by atoms with Crippen LogP contribution in [0.15, 0.2) is 18.3 Å². The molecule has 0 unspecified atom stereocenters. The fraction of sp³-hybridized carbons (Fsp3) is 0.600. The van der Waals surface area contributed by atoms with Crippen LogP contribution in [0.2, 0.25) is 0 Å². The van der Waals surface area contributed by atoms with E-state index in [4.69, 9.17) is 5.11 Å². The van der Waals surface area contributed by atoms with E-state index in [0.29, 0.717) is 0 Å². The molecule has 1 aromatic heterocycles. The van der Waals surface area contributed by atoms with Crippen LogP contribution in [0.1, 0.15) is 19.0 Å². The Morgan fingerprint density at radius 2 is 2.38 bits per heavy atom. The van der Waals surface area contributed by atoms with Crippen LogP contribution < -0.4 is 5.32 Å². The van der Waals surface area contributed by atoms with Crippen molar-refractivity contribution >= 4 is 0 Å². The van der Waals surface area contributed by atoms with Crippen LogP contribution in [0.3, 0.4) is 0 Å². The van der Waals surface area contributed by atoms with E-state index in [1.807, 2.05) is 19.3 Å². The topological polar surface area (TPSA) is 37.2 Å². The Morgan fingerprint density at radius 1 is 1.62 bits per heavy atom. The van der Waals surface area contributed by atoms with Gasteiger partial charge in [0.1, 0.15) is 0 Å². The predicted molar refractivity (Wildman–Crippen MR) is 53.4 cm³/mol. The standard InChI is InChI=1S/C10H18N2O/c1-3-9(8-13)11-7-10-5-4-6-12(10)2/h4-6,9,11,13H,3,7-8H2,1-2H3/t9-/m0/s1. The zero-order valence-corrected chi connectivity index (χ0v) is 8.33. The fourth-order valence-electron chi connectivity index (χ4n) is 1.27. The van der Waals surface area contributed by atoms with Gasteiger partial charge in [-0.25, -0.2) is 0 Å². The van der Waals surface area contributed by atoms with Crippen molar-refractivity contribution in [3.05, 3.63) is 24.0 Å². The van der Waals surface area contributed by atoms with Gasteiger partial charge in [-0.3, -0.25) is 0 Å². The Labute approximate surface area is 79.4 Å². The largest absolute Gasteiger partial charge is 0.395 e. The number of aromatic nitrogens is 1. The molecule has 0 radical (unpaired) electrons. The van der Waals surface area contributed by atoms with Gasteiger partial charge in [-0.15, -0.1) is 0 Å². The highest BCUT2D eigenvalue weighted by atomic mass is 16.3. The van der Waals surface area contributed by atoms with Crippen LogP contribution in [-0.2, 0) is 13.6 Å². The van der Waals surface area contributed by atoms with Crippen molar-refractivity contribution in [1.82, 2.24) is 9.88 Å². The molecule has 0 bridgehead atoms. The summed E-state index contributed by atoms with van der Waals surface area (Å²) in [6.07, 6.45) is 2.98. The molecule has 0 spiro atoms. The summed E-state index contributed by atoms with van der Waals surface area (Å²) >= 11 is 0. The first-order valence-corrected chi connectivity index (χ1v) is 4.72. The maximum Gasteiger partial charge on any atom is 0.0584 e. The highest BCUT2D eigenvalue weighted by molar-refractivity contribution is 5.06. The summed E-state index contributed by atoms with van der Waals surface area (Å²) in [6, 6.07) is 4.32. The van der Waals surface area contributed by atoms with Crippen LogP contribution >= 0.6 is 0 Å². The third-order valence-electron chi connectivity index (χ3n) is 2.34. The molecule has 0 amide bonds. The van der Waals surface area contributed by atoms with Gasteiger partial charge in [0.25, 0.3) is 0 Å². The molecule has 3 heteroatoms. The smallest absolute Gasteiger partial charge is 0.0584 e. The van der Waals surface area contributed by atoms with Crippen molar-refractivity contribution in [2.24, 2.45) is 7.05 Å². The van der Waals surface area contributed by atoms with E-state index in [1.54, 1.807) is 0 Å². The second kappa shape index (κ2) is 5.04. The van der Waals surface area contributed by atoms with E-state index < -0.39 is 0 Å². The molecule has 0 saturated carbocycles. The number of nitrogens with one attached hydrogen (secondary N) is 1. The Kier molecular flexibility index (Phi) is 3.99. The second-order valence-electron chi connectivity index (χ2n) is 3.28. The molecule has 0 saturated heterocycles. The van der Waals surface area contributed by atoms with Gasteiger partial charge in [0.15, 0.2) is 0 Å². The molecule has 0 aliphatic heterocycles. The maximum atomic E-state index is 8.95. The molecule has 13 heavy (non-hydrogen) atoms. The van der Waals surface area contributed by atoms with Gasteiger partial charge in [-0.2, -0.15) is 0 Å². The molecule has 1 aromatic rings. The summed E-state index contributed by atoms with van der Waals surface area (Å²) in [4.78, 5) is 0. The number of aliphatic hydroxyl groups is 1. The first kappa shape index (κ1) is 10.3. The van der Waals surface area contributed by atoms with Gasteiger partial charge in [-0.05, 0) is 18.6 Å². The molecular formula is C10H18N2O. The van der Waals surface area contributed by atoms with Crippen LogP contribution in [0.4, 0.5) is 0 Å². The van der Waals surface area contributed by atoms with Crippen molar-refractivity contribution in [2.75, 3.05) is 6.61 Å². The predicted octanol–water partition coefficient (Wildman–Crippen LogP) is 0.886. The van der Waals surface area contributed by atoms with E-state index in [2.05, 4.69) is 22.9 Å². The minimum atomic E-state index is 0.209. The lowest BCUT2D eigenvalue weighted by Gasteiger charge is -2.13. The molecule has 1 rings (SSSR count). The Hall–Kier alpha value is -0.800. The highest BCUT2D eigenvalue weighted by Crippen LogP contribution is 2.00. The molecule has 0 aliphatic carbocycles. The van der Waals surface area contributed by atoms with Crippen LogP contribution in [-0.4, -0.2) is 22.3 Å². The second-order valence-corrected chi connectivity index (χ2v) is 3.28. The summed E-state index contributed by atoms with van der Waals surface area (Å²) in [7, 11) is 2.02. The van der Waals surface area contributed by atoms with Crippen molar-refractivity contribution < 1.29 is 5.11 Å². The number of aliphatic hydroxyl groups excluding tert-OH is 1. The normalized spacial score (nSPS) is 13.2. The Morgan fingerprint density at radius 3 is 2.85 bits per heavy atom. The molecule has 0 fully saturated rings. The van der Waals surface area contributed by atoms with Crippen molar-refractivity contribution in [3.63, 3.8) is 0 Å². The third kappa shape index (κ3) is 2.86. The van der Waals surface area contributed by atoms with Gasteiger partial charge in [0.05, 0.1) is 6.61 Å². The first-order valence-electron chi connectivity index (χ1n) is 4.72. The number of nitrogens with zero attached hydrogens (tertiary/aromatic N) is 1. The summed E-state index contributed by atoms with van der Waals surface area (Å²) in [5, 5.41) is 12.2. The molecular weight excluding hydrogens is 164 g/mol. The van der Waals surface area contributed by atoms with E-state index in [9.17, 15) is 0 Å². The molecule has 2 N–H and O–H groups in total. The molecule has 1 heterocycles. The lowest BCUT2D eigenvalue weighted by atomic mass is 10.2. The lowest BCUT2D eigenvalue weighted by Crippen LogP contribution is -2.31. The zero-order valence-electron chi connectivity index (χ0n) is 8.33. The highest BCUT2D eigenvalue weighted by Gasteiger charge is 2.03. The minimum Gasteiger partial charge on any atom is -0.395 e. The molecule has 3 nitrogen and oxygen atoms in total. The molecule has 74 valence electrons. The van der Waals surface area contributed by atoms with Crippen molar-refractivity contribution in [1.29, 1.82) is 0 Å². The third-order valence-corrected chi connectivity index (χ3v) is 2.34. The van der Waals surface area contributed by atoms with E-state index in [-0.39, 0.29) is 12.6 Å². The van der Waals surface area contributed by atoms with Gasteiger partial charge < -0.3 is 15.0 Å².